The molecule has 1 aliphatic carbocycles. The molecule has 0 aliphatic heterocycles. The van der Waals surface area contributed by atoms with Crippen molar-refractivity contribution in [3.8, 4) is 0 Å². The Morgan fingerprint density at radius 1 is 0.389 bits per heavy atom. The summed E-state index contributed by atoms with van der Waals surface area (Å²) in [5.74, 6) is 0. The molecule has 0 radical (unpaired) electrons. The van der Waals surface area contributed by atoms with Crippen molar-refractivity contribution in [2.75, 3.05) is 0 Å². The van der Waals surface area contributed by atoms with E-state index in [0.29, 0.717) is 10.8 Å². The Balaban J connectivity index is 2.38. The largest absolute Gasteiger partial charge is 0.0599 e. The van der Waals surface area contributed by atoms with Crippen LogP contribution in [0.3, 0.4) is 0 Å². The normalized spacial score (nSPS) is 27.3. The third-order valence-corrected chi connectivity index (χ3v) is 4.91. The van der Waals surface area contributed by atoms with Gasteiger partial charge in [-0.15, -0.1) is 0 Å². The average molecular weight is 252 g/mol. The van der Waals surface area contributed by atoms with Crippen molar-refractivity contribution in [3.05, 3.63) is 0 Å². The lowest BCUT2D eigenvalue weighted by molar-refractivity contribution is 0.255. The van der Waals surface area contributed by atoms with Crippen LogP contribution in [0.4, 0.5) is 0 Å². The molecule has 0 aromatic heterocycles. The lowest BCUT2D eigenvalue weighted by Crippen LogP contribution is -2.13. The van der Waals surface area contributed by atoms with Crippen molar-refractivity contribution in [2.45, 2.75) is 105 Å². The molecule has 1 rings (SSSR count). The molecular weight excluding hydrogens is 216 g/mol. The third-order valence-electron chi connectivity index (χ3n) is 4.91. The van der Waals surface area contributed by atoms with Crippen molar-refractivity contribution < 1.29 is 0 Å². The molecule has 18 heavy (non-hydrogen) atoms. The molecule has 0 spiro atoms. The summed E-state index contributed by atoms with van der Waals surface area (Å²) >= 11 is 0. The molecule has 1 fully saturated rings. The van der Waals surface area contributed by atoms with Crippen LogP contribution in [0.2, 0.25) is 0 Å². The van der Waals surface area contributed by atoms with E-state index in [4.69, 9.17) is 0 Å². The number of hydrogen-bond donors (Lipinski definition) is 0. The van der Waals surface area contributed by atoms with Gasteiger partial charge in [0, 0.05) is 0 Å². The van der Waals surface area contributed by atoms with Crippen molar-refractivity contribution in [2.24, 2.45) is 10.8 Å². The van der Waals surface area contributed by atoms with Crippen LogP contribution in [0.5, 0.6) is 0 Å². The number of hydrogen-bond acceptors (Lipinski definition) is 0. The molecular formula is C18H36. The fourth-order valence-electron chi connectivity index (χ4n) is 3.37. The first-order chi connectivity index (χ1) is 8.41. The van der Waals surface area contributed by atoms with Crippen LogP contribution in [0.1, 0.15) is 105 Å². The van der Waals surface area contributed by atoms with E-state index in [-0.39, 0.29) is 0 Å². The predicted molar refractivity (Wildman–Crippen MR) is 83.0 cm³/mol. The second kappa shape index (κ2) is 7.56. The molecule has 0 aromatic rings. The predicted octanol–water partition coefficient (Wildman–Crippen LogP) is 6.73. The molecule has 1 aliphatic rings. The summed E-state index contributed by atoms with van der Waals surface area (Å²) in [5, 5.41) is 0. The zero-order valence-electron chi connectivity index (χ0n) is 13.5. The van der Waals surface area contributed by atoms with Crippen LogP contribution < -0.4 is 0 Å². The third kappa shape index (κ3) is 7.44. The maximum absolute atomic E-state index is 2.48. The minimum absolute atomic E-state index is 0.597. The highest BCUT2D eigenvalue weighted by Gasteiger charge is 2.19. The van der Waals surface area contributed by atoms with Gasteiger partial charge in [-0.3, -0.25) is 0 Å². The molecule has 0 heteroatoms. The first-order valence-electron chi connectivity index (χ1n) is 8.41. The molecule has 0 heterocycles. The monoisotopic (exact) mass is 252 g/mol. The highest BCUT2D eigenvalue weighted by molar-refractivity contribution is 4.72. The van der Waals surface area contributed by atoms with E-state index in [9.17, 15) is 0 Å². The Morgan fingerprint density at radius 3 is 0.944 bits per heavy atom. The van der Waals surface area contributed by atoms with E-state index < -0.39 is 0 Å². The van der Waals surface area contributed by atoms with E-state index in [1.54, 1.807) is 0 Å². The van der Waals surface area contributed by atoms with E-state index in [1.165, 1.54) is 77.0 Å². The maximum atomic E-state index is 2.48. The van der Waals surface area contributed by atoms with Crippen molar-refractivity contribution in [1.29, 1.82) is 0 Å². The molecule has 0 unspecified atom stereocenters. The molecule has 0 saturated heterocycles. The van der Waals surface area contributed by atoms with E-state index in [0.717, 1.165) is 0 Å². The molecule has 108 valence electrons. The zero-order chi connectivity index (χ0) is 13.5. The Bertz CT molecular complexity index is 190. The van der Waals surface area contributed by atoms with Gasteiger partial charge in [-0.2, -0.15) is 0 Å². The summed E-state index contributed by atoms with van der Waals surface area (Å²) < 4.78 is 0. The van der Waals surface area contributed by atoms with Crippen LogP contribution in [0.15, 0.2) is 0 Å². The van der Waals surface area contributed by atoms with Gasteiger partial charge in [0.25, 0.3) is 0 Å². The van der Waals surface area contributed by atoms with Crippen LogP contribution in [0, 0.1) is 10.8 Å². The highest BCUT2D eigenvalue weighted by Crippen LogP contribution is 2.34. The fraction of sp³-hybridized carbons (Fsp3) is 1.00. The first kappa shape index (κ1) is 16.1. The fourth-order valence-corrected chi connectivity index (χ4v) is 3.37. The van der Waals surface area contributed by atoms with Gasteiger partial charge in [0.15, 0.2) is 0 Å². The summed E-state index contributed by atoms with van der Waals surface area (Å²) in [6, 6.07) is 0. The molecule has 0 bridgehead atoms. The average Bonchev–Trinajstić information content (AvgIpc) is 2.26. The Morgan fingerprint density at radius 2 is 0.611 bits per heavy atom. The quantitative estimate of drug-likeness (QED) is 0.448. The molecule has 0 N–H and O–H groups in total. The Hall–Kier alpha value is 0. The minimum atomic E-state index is 0.597. The maximum Gasteiger partial charge on any atom is -0.0354 e. The lowest BCUT2D eigenvalue weighted by Gasteiger charge is -2.27. The smallest absolute Gasteiger partial charge is 0.0354 e. The summed E-state index contributed by atoms with van der Waals surface area (Å²) in [6.07, 6.45) is 17.4. The summed E-state index contributed by atoms with van der Waals surface area (Å²) in [5.41, 5.74) is 1.19. The second-order valence-electron chi connectivity index (χ2n) is 8.16. The Kier molecular flexibility index (Phi) is 6.74. The highest BCUT2D eigenvalue weighted by atomic mass is 14.2. The zero-order valence-corrected chi connectivity index (χ0v) is 13.5. The van der Waals surface area contributed by atoms with Crippen molar-refractivity contribution >= 4 is 0 Å². The molecule has 0 nitrogen and oxygen atoms in total. The Labute approximate surface area is 116 Å². The summed E-state index contributed by atoms with van der Waals surface area (Å²) in [7, 11) is 0. The van der Waals surface area contributed by atoms with Gasteiger partial charge in [0.2, 0.25) is 0 Å². The van der Waals surface area contributed by atoms with Gasteiger partial charge < -0.3 is 0 Å². The summed E-state index contributed by atoms with van der Waals surface area (Å²) in [4.78, 5) is 0. The van der Waals surface area contributed by atoms with Crippen LogP contribution in [-0.2, 0) is 0 Å². The number of rotatable bonds is 0. The van der Waals surface area contributed by atoms with Crippen molar-refractivity contribution in [3.63, 3.8) is 0 Å². The van der Waals surface area contributed by atoms with Crippen molar-refractivity contribution in [1.82, 2.24) is 0 Å². The van der Waals surface area contributed by atoms with Crippen LogP contribution in [-0.4, -0.2) is 0 Å². The van der Waals surface area contributed by atoms with E-state index in [2.05, 4.69) is 27.7 Å². The molecule has 0 atom stereocenters. The summed E-state index contributed by atoms with van der Waals surface area (Å²) in [6.45, 7) is 9.90. The van der Waals surface area contributed by atoms with Gasteiger partial charge >= 0.3 is 0 Å². The van der Waals surface area contributed by atoms with Crippen LogP contribution in [0.25, 0.3) is 0 Å². The van der Waals surface area contributed by atoms with Gasteiger partial charge in [0.05, 0.1) is 0 Å². The van der Waals surface area contributed by atoms with Gasteiger partial charge in [-0.05, 0) is 36.5 Å². The minimum Gasteiger partial charge on any atom is -0.0599 e. The van der Waals surface area contributed by atoms with E-state index >= 15 is 0 Å². The SMILES string of the molecule is CC1(C)CCCCCCCC(C)(C)CCCCC1. The molecule has 0 aromatic carbocycles. The lowest BCUT2D eigenvalue weighted by atomic mass is 9.79. The first-order valence-corrected chi connectivity index (χ1v) is 8.41. The standard InChI is InChI=1S/C18H36/c1-17(2)13-9-6-5-7-10-14-18(3,4)16-12-8-11-15-17/h5-16H2,1-4H3. The van der Waals surface area contributed by atoms with Gasteiger partial charge in [0.1, 0.15) is 0 Å². The van der Waals surface area contributed by atoms with Crippen LogP contribution >= 0.6 is 0 Å². The second-order valence-corrected chi connectivity index (χ2v) is 8.16. The van der Waals surface area contributed by atoms with E-state index in [1.807, 2.05) is 0 Å². The molecule has 0 amide bonds. The molecule has 1 saturated carbocycles. The topological polar surface area (TPSA) is 0 Å². The van der Waals surface area contributed by atoms with Gasteiger partial charge in [-0.1, -0.05) is 79.1 Å². The van der Waals surface area contributed by atoms with Gasteiger partial charge in [-0.25, -0.2) is 0 Å².